The molecule has 2 N–H and O–H groups in total. The van der Waals surface area contributed by atoms with E-state index in [4.69, 9.17) is 0 Å². The van der Waals surface area contributed by atoms with Gasteiger partial charge in [0.25, 0.3) is 0 Å². The van der Waals surface area contributed by atoms with E-state index < -0.39 is 0 Å². The van der Waals surface area contributed by atoms with Gasteiger partial charge in [0.1, 0.15) is 0 Å². The van der Waals surface area contributed by atoms with Crippen molar-refractivity contribution in [2.24, 2.45) is 0 Å². The second-order valence-electron chi connectivity index (χ2n) is 5.75. The molecule has 0 unspecified atom stereocenters. The lowest BCUT2D eigenvalue weighted by Crippen LogP contribution is -2.28. The summed E-state index contributed by atoms with van der Waals surface area (Å²) in [5, 5.41) is 5.93. The summed E-state index contributed by atoms with van der Waals surface area (Å²) in [6.07, 6.45) is 1.17. The first kappa shape index (κ1) is 17.5. The van der Waals surface area contributed by atoms with Gasteiger partial charge in [-0.25, -0.2) is 0 Å². The number of carbonyl (C=O) groups is 2. The van der Waals surface area contributed by atoms with Crippen molar-refractivity contribution >= 4 is 23.2 Å². The molecule has 0 aromatic heterocycles. The van der Waals surface area contributed by atoms with Gasteiger partial charge in [-0.15, -0.1) is 0 Å². The largest absolute Gasteiger partial charge is 0.376 e. The minimum atomic E-state index is -0.0117. The van der Waals surface area contributed by atoms with Gasteiger partial charge in [-0.1, -0.05) is 30.3 Å². The molecule has 2 rings (SSSR count). The van der Waals surface area contributed by atoms with E-state index in [2.05, 4.69) is 10.6 Å². The van der Waals surface area contributed by atoms with Crippen molar-refractivity contribution in [3.8, 4) is 0 Å². The Balaban J connectivity index is 1.78. The average Bonchev–Trinajstić information content (AvgIpc) is 2.60. The highest BCUT2D eigenvalue weighted by atomic mass is 16.2. The van der Waals surface area contributed by atoms with E-state index in [9.17, 15) is 9.59 Å². The van der Waals surface area contributed by atoms with Gasteiger partial charge >= 0.3 is 0 Å². The molecule has 0 heterocycles. The maximum Gasteiger partial charge on any atom is 0.241 e. The van der Waals surface area contributed by atoms with E-state index in [1.807, 2.05) is 54.6 Å². The van der Waals surface area contributed by atoms with Gasteiger partial charge in [-0.2, -0.15) is 0 Å². The van der Waals surface area contributed by atoms with Gasteiger partial charge in [-0.3, -0.25) is 9.59 Å². The van der Waals surface area contributed by atoms with Crippen LogP contribution in [0.1, 0.15) is 12.0 Å². The van der Waals surface area contributed by atoms with Crippen LogP contribution in [-0.2, 0) is 16.0 Å². The molecule has 0 aliphatic rings. The van der Waals surface area contributed by atoms with E-state index in [1.165, 1.54) is 4.90 Å². The van der Waals surface area contributed by atoms with Gasteiger partial charge in [0.05, 0.1) is 6.54 Å². The Hall–Kier alpha value is -2.82. The molecule has 0 atom stereocenters. The lowest BCUT2D eigenvalue weighted by molar-refractivity contribution is -0.126. The molecule has 0 aliphatic heterocycles. The molecule has 0 saturated carbocycles. The minimum Gasteiger partial charge on any atom is -0.376 e. The monoisotopic (exact) mass is 325 g/mol. The molecule has 5 nitrogen and oxygen atoms in total. The number of rotatable bonds is 7. The molecule has 2 aromatic carbocycles. The molecule has 0 spiro atoms. The summed E-state index contributed by atoms with van der Waals surface area (Å²) in [6.45, 7) is 0.246. The second-order valence-corrected chi connectivity index (χ2v) is 5.75. The van der Waals surface area contributed by atoms with Crippen LogP contribution in [-0.4, -0.2) is 37.4 Å². The van der Waals surface area contributed by atoms with Gasteiger partial charge < -0.3 is 15.5 Å². The fraction of sp³-hybridized carbons (Fsp3) is 0.263. The van der Waals surface area contributed by atoms with E-state index in [1.54, 1.807) is 14.1 Å². The predicted molar refractivity (Wildman–Crippen MR) is 97.0 cm³/mol. The first-order valence-corrected chi connectivity index (χ1v) is 7.92. The van der Waals surface area contributed by atoms with Crippen LogP contribution in [0.2, 0.25) is 0 Å². The van der Waals surface area contributed by atoms with Crippen LogP contribution in [0.3, 0.4) is 0 Å². The van der Waals surface area contributed by atoms with Gasteiger partial charge in [0, 0.05) is 31.9 Å². The first-order chi connectivity index (χ1) is 11.5. The number of anilines is 2. The minimum absolute atomic E-state index is 0.00768. The number of benzene rings is 2. The molecule has 5 heteroatoms. The average molecular weight is 325 g/mol. The normalized spacial score (nSPS) is 10.1. The third-order valence-electron chi connectivity index (χ3n) is 3.59. The highest BCUT2D eigenvalue weighted by Gasteiger charge is 2.05. The zero-order valence-corrected chi connectivity index (χ0v) is 14.1. The summed E-state index contributed by atoms with van der Waals surface area (Å²) in [4.78, 5) is 25.0. The van der Waals surface area contributed by atoms with Crippen LogP contribution >= 0.6 is 0 Å². The Morgan fingerprint density at radius 2 is 1.54 bits per heavy atom. The number of hydrogen-bond acceptors (Lipinski definition) is 3. The molecule has 2 amide bonds. The maximum absolute atomic E-state index is 12.0. The summed E-state index contributed by atoms with van der Waals surface area (Å²) in [7, 11) is 3.44. The topological polar surface area (TPSA) is 61.4 Å². The van der Waals surface area contributed by atoms with Crippen molar-refractivity contribution < 1.29 is 9.59 Å². The number of aryl methyl sites for hydroxylation is 1. The quantitative estimate of drug-likeness (QED) is 0.823. The van der Waals surface area contributed by atoms with Crippen molar-refractivity contribution in [2.75, 3.05) is 31.3 Å². The van der Waals surface area contributed by atoms with Crippen molar-refractivity contribution in [2.45, 2.75) is 12.8 Å². The molecular weight excluding hydrogens is 302 g/mol. The van der Waals surface area contributed by atoms with Crippen LogP contribution in [0.5, 0.6) is 0 Å². The smallest absolute Gasteiger partial charge is 0.241 e. The molecule has 0 fully saturated rings. The number of carbonyl (C=O) groups excluding carboxylic acids is 2. The summed E-state index contributed by atoms with van der Waals surface area (Å²) in [5.74, 6) is -0.00404. The Morgan fingerprint density at radius 1 is 0.917 bits per heavy atom. The summed E-state index contributed by atoms with van der Waals surface area (Å²) < 4.78 is 0. The zero-order valence-electron chi connectivity index (χ0n) is 14.1. The lowest BCUT2D eigenvalue weighted by atomic mass is 10.1. The standard InChI is InChI=1S/C19H23N3O2/c1-22(2)19(24)14-20-16-9-11-17(12-10-16)21-18(23)13-8-15-6-4-3-5-7-15/h3-7,9-12,20H,8,13-14H2,1-2H3,(H,21,23). The van der Waals surface area contributed by atoms with Gasteiger partial charge in [-0.05, 0) is 36.2 Å². The Morgan fingerprint density at radius 3 is 2.17 bits per heavy atom. The van der Waals surface area contributed by atoms with Crippen molar-refractivity contribution in [3.63, 3.8) is 0 Å². The molecule has 0 bridgehead atoms. The summed E-state index contributed by atoms with van der Waals surface area (Å²) in [6, 6.07) is 17.3. The third kappa shape index (κ3) is 5.76. The lowest BCUT2D eigenvalue weighted by Gasteiger charge is -2.12. The molecule has 0 saturated heterocycles. The van der Waals surface area contributed by atoms with Crippen LogP contribution in [0.15, 0.2) is 54.6 Å². The van der Waals surface area contributed by atoms with Crippen LogP contribution in [0, 0.1) is 0 Å². The summed E-state index contributed by atoms with van der Waals surface area (Å²) >= 11 is 0. The van der Waals surface area contributed by atoms with E-state index >= 15 is 0 Å². The molecular formula is C19H23N3O2. The molecule has 0 aliphatic carbocycles. The summed E-state index contributed by atoms with van der Waals surface area (Å²) in [5.41, 5.74) is 2.74. The van der Waals surface area contributed by atoms with E-state index in [0.717, 1.165) is 23.4 Å². The number of nitrogens with zero attached hydrogens (tertiary/aromatic N) is 1. The fourth-order valence-corrected chi connectivity index (χ4v) is 2.13. The Bertz CT molecular complexity index is 667. The Kier molecular flexibility index (Phi) is 6.37. The highest BCUT2D eigenvalue weighted by Crippen LogP contribution is 2.14. The third-order valence-corrected chi connectivity index (χ3v) is 3.59. The molecule has 0 radical (unpaired) electrons. The van der Waals surface area contributed by atoms with Crippen LogP contribution < -0.4 is 10.6 Å². The van der Waals surface area contributed by atoms with Crippen molar-refractivity contribution in [3.05, 3.63) is 60.2 Å². The highest BCUT2D eigenvalue weighted by molar-refractivity contribution is 5.91. The van der Waals surface area contributed by atoms with Gasteiger partial charge in [0.15, 0.2) is 0 Å². The molecule has 24 heavy (non-hydrogen) atoms. The van der Waals surface area contributed by atoms with Crippen LogP contribution in [0.4, 0.5) is 11.4 Å². The Labute approximate surface area is 142 Å². The molecule has 126 valence electrons. The number of amides is 2. The number of nitrogens with one attached hydrogen (secondary N) is 2. The van der Waals surface area contributed by atoms with Crippen molar-refractivity contribution in [1.29, 1.82) is 0 Å². The second kappa shape index (κ2) is 8.72. The van der Waals surface area contributed by atoms with E-state index in [0.29, 0.717) is 6.42 Å². The molecule has 2 aromatic rings. The van der Waals surface area contributed by atoms with E-state index in [-0.39, 0.29) is 18.4 Å². The number of hydrogen-bond donors (Lipinski definition) is 2. The number of likely N-dealkylation sites (N-methyl/N-ethyl adjacent to an activating group) is 1. The zero-order chi connectivity index (χ0) is 17.4. The van der Waals surface area contributed by atoms with Crippen LogP contribution in [0.25, 0.3) is 0 Å². The SMILES string of the molecule is CN(C)C(=O)CNc1ccc(NC(=O)CCc2ccccc2)cc1. The fourth-order valence-electron chi connectivity index (χ4n) is 2.13. The predicted octanol–water partition coefficient (Wildman–Crippen LogP) is 2.76. The van der Waals surface area contributed by atoms with Crippen molar-refractivity contribution in [1.82, 2.24) is 4.90 Å². The van der Waals surface area contributed by atoms with Gasteiger partial charge in [0.2, 0.25) is 11.8 Å². The first-order valence-electron chi connectivity index (χ1n) is 7.92. The maximum atomic E-state index is 12.0.